The van der Waals surface area contributed by atoms with E-state index in [-0.39, 0.29) is 0 Å². The predicted octanol–water partition coefficient (Wildman–Crippen LogP) is 3.22. The lowest BCUT2D eigenvalue weighted by molar-refractivity contribution is 0.492. The molecule has 8 nitrogen and oxygen atoms in total. The van der Waals surface area contributed by atoms with E-state index in [9.17, 15) is 0 Å². The molecule has 5 rings (SSSR count). The van der Waals surface area contributed by atoms with Gasteiger partial charge < -0.3 is 0 Å². The van der Waals surface area contributed by atoms with Gasteiger partial charge in [-0.2, -0.15) is 10.2 Å². The highest BCUT2D eigenvalue weighted by atomic mass is 79.9. The molecule has 0 saturated carbocycles. The van der Waals surface area contributed by atoms with Crippen molar-refractivity contribution in [3.63, 3.8) is 0 Å². The standard InChI is InChI=1S/C18H15BrN8/c1-11-16(19)12(2)27(22-11)10-25-8-7-15(23-25)17-21-18-13-5-3-4-6-14(13)20-9-26(18)24-17/h3-9H,10H2,1-2H3. The van der Waals surface area contributed by atoms with E-state index in [0.29, 0.717) is 18.2 Å². The molecule has 0 fully saturated rings. The van der Waals surface area contributed by atoms with Crippen LogP contribution in [0.1, 0.15) is 11.4 Å². The number of fused-ring (bicyclic) bond motifs is 3. The minimum atomic E-state index is 0.524. The second kappa shape index (κ2) is 5.98. The molecule has 0 saturated heterocycles. The maximum absolute atomic E-state index is 4.67. The Morgan fingerprint density at radius 1 is 1.04 bits per heavy atom. The Morgan fingerprint density at radius 3 is 2.70 bits per heavy atom. The van der Waals surface area contributed by atoms with Gasteiger partial charge in [0, 0.05) is 11.6 Å². The summed E-state index contributed by atoms with van der Waals surface area (Å²) in [5.41, 5.74) is 4.40. The predicted molar refractivity (Wildman–Crippen MR) is 104 cm³/mol. The van der Waals surface area contributed by atoms with Gasteiger partial charge in [-0.25, -0.2) is 19.2 Å². The zero-order chi connectivity index (χ0) is 18.5. The minimum absolute atomic E-state index is 0.524. The van der Waals surface area contributed by atoms with E-state index >= 15 is 0 Å². The number of halogens is 1. The molecule has 0 bridgehead atoms. The largest absolute Gasteiger partial charge is 0.250 e. The highest BCUT2D eigenvalue weighted by molar-refractivity contribution is 9.10. The average molecular weight is 423 g/mol. The summed E-state index contributed by atoms with van der Waals surface area (Å²) >= 11 is 3.55. The Morgan fingerprint density at radius 2 is 1.89 bits per heavy atom. The van der Waals surface area contributed by atoms with Gasteiger partial charge in [0.05, 0.1) is 21.4 Å². The number of nitrogens with zero attached hydrogens (tertiary/aromatic N) is 8. The van der Waals surface area contributed by atoms with Crippen LogP contribution in [0.5, 0.6) is 0 Å². The molecule has 0 amide bonds. The monoisotopic (exact) mass is 422 g/mol. The van der Waals surface area contributed by atoms with Gasteiger partial charge in [-0.1, -0.05) is 12.1 Å². The van der Waals surface area contributed by atoms with Crippen molar-refractivity contribution in [3.05, 3.63) is 58.7 Å². The molecule has 0 aliphatic carbocycles. The van der Waals surface area contributed by atoms with E-state index in [2.05, 4.69) is 41.2 Å². The third-order valence-electron chi connectivity index (χ3n) is 4.52. The first kappa shape index (κ1) is 16.1. The Labute approximate surface area is 162 Å². The molecule has 0 spiro atoms. The quantitative estimate of drug-likeness (QED) is 0.445. The van der Waals surface area contributed by atoms with Crippen LogP contribution < -0.4 is 0 Å². The molecule has 0 unspecified atom stereocenters. The first-order valence-corrected chi connectivity index (χ1v) is 9.23. The fraction of sp³-hybridized carbons (Fsp3) is 0.167. The van der Waals surface area contributed by atoms with Gasteiger partial charge in [-0.05, 0) is 48.0 Å². The van der Waals surface area contributed by atoms with E-state index in [1.807, 2.05) is 59.7 Å². The number of aromatic nitrogens is 8. The van der Waals surface area contributed by atoms with Crippen molar-refractivity contribution in [2.24, 2.45) is 0 Å². The summed E-state index contributed by atoms with van der Waals surface area (Å²) in [6.45, 7) is 4.52. The van der Waals surface area contributed by atoms with Crippen LogP contribution in [-0.2, 0) is 6.67 Å². The van der Waals surface area contributed by atoms with Crippen molar-refractivity contribution in [1.29, 1.82) is 0 Å². The smallest absolute Gasteiger partial charge is 0.202 e. The molecular weight excluding hydrogens is 408 g/mol. The summed E-state index contributed by atoms with van der Waals surface area (Å²) in [7, 11) is 0. The molecule has 27 heavy (non-hydrogen) atoms. The van der Waals surface area contributed by atoms with E-state index in [0.717, 1.165) is 32.4 Å². The van der Waals surface area contributed by atoms with Gasteiger partial charge in [0.2, 0.25) is 5.82 Å². The van der Waals surface area contributed by atoms with Crippen LogP contribution in [0.2, 0.25) is 0 Å². The molecule has 0 radical (unpaired) electrons. The number of benzene rings is 1. The van der Waals surface area contributed by atoms with Crippen LogP contribution in [0.4, 0.5) is 0 Å². The molecule has 4 heterocycles. The van der Waals surface area contributed by atoms with E-state index < -0.39 is 0 Å². The van der Waals surface area contributed by atoms with Crippen molar-refractivity contribution in [2.75, 3.05) is 0 Å². The van der Waals surface area contributed by atoms with Crippen molar-refractivity contribution in [1.82, 2.24) is 39.1 Å². The van der Waals surface area contributed by atoms with E-state index in [1.54, 1.807) is 10.8 Å². The topological polar surface area (TPSA) is 78.7 Å². The number of hydrogen-bond acceptors (Lipinski definition) is 5. The number of aryl methyl sites for hydroxylation is 1. The molecule has 0 N–H and O–H groups in total. The molecule has 4 aromatic heterocycles. The SMILES string of the molecule is Cc1nn(Cn2ccc(-c3nc4c5ccccc5ncn4n3)n2)c(C)c1Br. The summed E-state index contributed by atoms with van der Waals surface area (Å²) in [6, 6.07) is 9.80. The Balaban J connectivity index is 1.52. The Bertz CT molecular complexity index is 1300. The maximum Gasteiger partial charge on any atom is 0.202 e. The summed E-state index contributed by atoms with van der Waals surface area (Å²) in [5, 5.41) is 14.6. The van der Waals surface area contributed by atoms with Crippen molar-refractivity contribution >= 4 is 32.5 Å². The van der Waals surface area contributed by atoms with Gasteiger partial charge in [0.1, 0.15) is 18.7 Å². The van der Waals surface area contributed by atoms with Crippen LogP contribution in [0.25, 0.3) is 28.1 Å². The first-order valence-electron chi connectivity index (χ1n) is 8.43. The molecule has 0 atom stereocenters. The first-order chi connectivity index (χ1) is 13.1. The highest BCUT2D eigenvalue weighted by Crippen LogP contribution is 2.21. The van der Waals surface area contributed by atoms with Crippen molar-refractivity contribution in [3.8, 4) is 11.5 Å². The number of hydrogen-bond donors (Lipinski definition) is 0. The summed E-state index contributed by atoms with van der Waals surface area (Å²) in [5.74, 6) is 0.571. The normalized spacial score (nSPS) is 11.7. The lowest BCUT2D eigenvalue weighted by atomic mass is 10.2. The van der Waals surface area contributed by atoms with E-state index in [1.165, 1.54) is 0 Å². The molecular formula is C18H15BrN8. The van der Waals surface area contributed by atoms with Crippen LogP contribution in [0.3, 0.4) is 0 Å². The van der Waals surface area contributed by atoms with Crippen molar-refractivity contribution in [2.45, 2.75) is 20.5 Å². The third-order valence-corrected chi connectivity index (χ3v) is 5.67. The summed E-state index contributed by atoms with van der Waals surface area (Å²) < 4.78 is 6.44. The molecule has 134 valence electrons. The molecule has 1 aromatic carbocycles. The fourth-order valence-corrected chi connectivity index (χ4v) is 3.38. The lowest BCUT2D eigenvalue weighted by Crippen LogP contribution is -2.11. The second-order valence-electron chi connectivity index (χ2n) is 6.33. The molecule has 5 aromatic rings. The Hall–Kier alpha value is -3.07. The lowest BCUT2D eigenvalue weighted by Gasteiger charge is -2.04. The Kier molecular flexibility index (Phi) is 3.57. The number of rotatable bonds is 3. The van der Waals surface area contributed by atoms with Gasteiger partial charge in [0.25, 0.3) is 0 Å². The number of para-hydroxylation sites is 1. The summed E-state index contributed by atoms with van der Waals surface area (Å²) in [4.78, 5) is 9.09. The van der Waals surface area contributed by atoms with Crippen LogP contribution in [0, 0.1) is 13.8 Å². The average Bonchev–Trinajstić information content (AvgIpc) is 3.37. The van der Waals surface area contributed by atoms with Gasteiger partial charge in [-0.3, -0.25) is 4.68 Å². The minimum Gasteiger partial charge on any atom is -0.250 e. The second-order valence-corrected chi connectivity index (χ2v) is 7.12. The van der Waals surface area contributed by atoms with Gasteiger partial charge in [-0.15, -0.1) is 5.10 Å². The third kappa shape index (κ3) is 2.62. The zero-order valence-corrected chi connectivity index (χ0v) is 16.3. The van der Waals surface area contributed by atoms with Gasteiger partial charge >= 0.3 is 0 Å². The zero-order valence-electron chi connectivity index (χ0n) is 14.7. The van der Waals surface area contributed by atoms with Gasteiger partial charge in [0.15, 0.2) is 5.65 Å². The van der Waals surface area contributed by atoms with Crippen LogP contribution >= 0.6 is 15.9 Å². The van der Waals surface area contributed by atoms with E-state index in [4.69, 9.17) is 0 Å². The molecule has 9 heteroatoms. The highest BCUT2D eigenvalue weighted by Gasteiger charge is 2.13. The van der Waals surface area contributed by atoms with Crippen LogP contribution in [0.15, 0.2) is 47.3 Å². The van der Waals surface area contributed by atoms with Crippen molar-refractivity contribution < 1.29 is 0 Å². The fourth-order valence-electron chi connectivity index (χ4n) is 3.10. The summed E-state index contributed by atoms with van der Waals surface area (Å²) in [6.07, 6.45) is 3.58. The maximum atomic E-state index is 4.67. The van der Waals surface area contributed by atoms with Crippen LogP contribution in [-0.4, -0.2) is 39.1 Å². The molecule has 0 aliphatic rings. The molecule has 0 aliphatic heterocycles.